The first kappa shape index (κ1) is 18.3. The Labute approximate surface area is 160 Å². The zero-order valence-corrected chi connectivity index (χ0v) is 16.0. The number of fused-ring (bicyclic) bond motifs is 5. The highest BCUT2D eigenvalue weighted by atomic mass is 16.5. The lowest BCUT2D eigenvalue weighted by Crippen LogP contribution is -2.34. The summed E-state index contributed by atoms with van der Waals surface area (Å²) >= 11 is 0. The Kier molecular flexibility index (Phi) is 5.11. The minimum absolute atomic E-state index is 0.0839. The molecule has 1 saturated heterocycles. The van der Waals surface area contributed by atoms with Crippen LogP contribution in [0.1, 0.15) is 38.2 Å². The van der Waals surface area contributed by atoms with Gasteiger partial charge in [-0.25, -0.2) is 0 Å². The SMILES string of the molecule is CCOC(=O)C(CC(=O)N1CC2C3CCC(C3)C2C1)Cc1ccc(O)cc1. The maximum Gasteiger partial charge on any atom is 0.309 e. The number of carbonyl (C=O) groups excluding carboxylic acids is 2. The number of rotatable bonds is 6. The van der Waals surface area contributed by atoms with Crippen LogP contribution in [0.25, 0.3) is 0 Å². The van der Waals surface area contributed by atoms with E-state index in [9.17, 15) is 14.7 Å². The summed E-state index contributed by atoms with van der Waals surface area (Å²) in [6.07, 6.45) is 4.69. The third-order valence-electron chi connectivity index (χ3n) is 6.95. The Bertz CT molecular complexity index is 683. The summed E-state index contributed by atoms with van der Waals surface area (Å²) in [6, 6.07) is 6.81. The van der Waals surface area contributed by atoms with E-state index in [1.54, 1.807) is 31.2 Å². The van der Waals surface area contributed by atoms with Crippen LogP contribution in [0.4, 0.5) is 0 Å². The van der Waals surface area contributed by atoms with Gasteiger partial charge in [-0.1, -0.05) is 12.1 Å². The van der Waals surface area contributed by atoms with Crippen molar-refractivity contribution >= 4 is 11.9 Å². The van der Waals surface area contributed by atoms with Gasteiger partial charge in [0.25, 0.3) is 0 Å². The smallest absolute Gasteiger partial charge is 0.309 e. The van der Waals surface area contributed by atoms with Crippen LogP contribution in [0.3, 0.4) is 0 Å². The number of amides is 1. The fraction of sp³-hybridized carbons (Fsp3) is 0.636. The van der Waals surface area contributed by atoms with Crippen molar-refractivity contribution in [3.8, 4) is 5.75 Å². The van der Waals surface area contributed by atoms with Crippen LogP contribution < -0.4 is 0 Å². The third kappa shape index (κ3) is 3.69. The number of likely N-dealkylation sites (tertiary alicyclic amines) is 1. The molecule has 2 bridgehead atoms. The molecule has 1 amide bonds. The first-order chi connectivity index (χ1) is 13.0. The third-order valence-corrected chi connectivity index (χ3v) is 6.95. The maximum atomic E-state index is 13.0. The van der Waals surface area contributed by atoms with Gasteiger partial charge in [0.2, 0.25) is 5.91 Å². The van der Waals surface area contributed by atoms with Crippen LogP contribution in [0, 0.1) is 29.6 Å². The van der Waals surface area contributed by atoms with E-state index in [1.807, 2.05) is 4.90 Å². The lowest BCUT2D eigenvalue weighted by Gasteiger charge is -2.22. The molecular formula is C22H29NO4. The molecule has 5 unspecified atom stereocenters. The molecule has 1 aromatic carbocycles. The second-order valence-electron chi connectivity index (χ2n) is 8.48. The largest absolute Gasteiger partial charge is 0.508 e. The van der Waals surface area contributed by atoms with Gasteiger partial charge in [0.05, 0.1) is 12.5 Å². The van der Waals surface area contributed by atoms with E-state index in [-0.39, 0.29) is 24.0 Å². The summed E-state index contributed by atoms with van der Waals surface area (Å²) in [6.45, 7) is 3.85. The molecular weight excluding hydrogens is 342 g/mol. The molecule has 1 aliphatic heterocycles. The molecule has 5 nitrogen and oxygen atoms in total. The summed E-state index contributed by atoms with van der Waals surface area (Å²) in [4.78, 5) is 27.4. The number of nitrogens with zero attached hydrogens (tertiary/aromatic N) is 1. The fourth-order valence-electron chi connectivity index (χ4n) is 5.64. The molecule has 1 heterocycles. The van der Waals surface area contributed by atoms with Crippen LogP contribution in [0.2, 0.25) is 0 Å². The monoisotopic (exact) mass is 371 g/mol. The van der Waals surface area contributed by atoms with E-state index < -0.39 is 5.92 Å². The van der Waals surface area contributed by atoms with E-state index >= 15 is 0 Å². The zero-order valence-electron chi connectivity index (χ0n) is 16.0. The van der Waals surface area contributed by atoms with Gasteiger partial charge in [-0.05, 0) is 74.0 Å². The number of carbonyl (C=O) groups is 2. The minimum atomic E-state index is -0.473. The van der Waals surface area contributed by atoms with Gasteiger partial charge < -0.3 is 14.7 Å². The second-order valence-corrected chi connectivity index (χ2v) is 8.48. The summed E-state index contributed by atoms with van der Waals surface area (Å²) < 4.78 is 5.22. The Morgan fingerprint density at radius 2 is 1.78 bits per heavy atom. The van der Waals surface area contributed by atoms with Gasteiger partial charge in [-0.2, -0.15) is 0 Å². The Morgan fingerprint density at radius 1 is 1.15 bits per heavy atom. The maximum absolute atomic E-state index is 13.0. The quantitative estimate of drug-likeness (QED) is 0.781. The van der Waals surface area contributed by atoms with Crippen LogP contribution in [-0.4, -0.2) is 41.6 Å². The van der Waals surface area contributed by atoms with Crippen molar-refractivity contribution in [1.82, 2.24) is 4.90 Å². The Hall–Kier alpha value is -2.04. The van der Waals surface area contributed by atoms with E-state index in [2.05, 4.69) is 0 Å². The molecule has 2 saturated carbocycles. The van der Waals surface area contributed by atoms with Gasteiger partial charge in [0, 0.05) is 19.5 Å². The minimum Gasteiger partial charge on any atom is -0.508 e. The highest BCUT2D eigenvalue weighted by Gasteiger charge is 2.52. The molecule has 3 fully saturated rings. The molecule has 5 heteroatoms. The van der Waals surface area contributed by atoms with E-state index in [0.717, 1.165) is 30.5 Å². The van der Waals surface area contributed by atoms with Crippen LogP contribution in [-0.2, 0) is 20.7 Å². The summed E-state index contributed by atoms with van der Waals surface area (Å²) in [5.74, 6) is 2.50. The number of benzene rings is 1. The molecule has 1 aromatic rings. The normalized spacial score (nSPS) is 29.6. The molecule has 146 valence electrons. The molecule has 2 aliphatic carbocycles. The van der Waals surface area contributed by atoms with E-state index in [1.165, 1.54) is 19.3 Å². The van der Waals surface area contributed by atoms with Crippen molar-refractivity contribution in [1.29, 1.82) is 0 Å². The number of hydrogen-bond acceptors (Lipinski definition) is 4. The van der Waals surface area contributed by atoms with Crippen molar-refractivity contribution in [3.63, 3.8) is 0 Å². The molecule has 4 rings (SSSR count). The molecule has 0 aromatic heterocycles. The first-order valence-electron chi connectivity index (χ1n) is 10.3. The number of esters is 1. The van der Waals surface area contributed by atoms with Gasteiger partial charge in [0.1, 0.15) is 5.75 Å². The number of ether oxygens (including phenoxy) is 1. The molecule has 0 spiro atoms. The Balaban J connectivity index is 1.40. The van der Waals surface area contributed by atoms with E-state index in [4.69, 9.17) is 4.74 Å². The van der Waals surface area contributed by atoms with Gasteiger partial charge in [0.15, 0.2) is 0 Å². The number of hydrogen-bond donors (Lipinski definition) is 1. The average Bonchev–Trinajstić information content (AvgIpc) is 3.36. The first-order valence-corrected chi connectivity index (χ1v) is 10.3. The van der Waals surface area contributed by atoms with Crippen molar-refractivity contribution < 1.29 is 19.4 Å². The molecule has 0 radical (unpaired) electrons. The van der Waals surface area contributed by atoms with Crippen LogP contribution in [0.5, 0.6) is 5.75 Å². The van der Waals surface area contributed by atoms with Gasteiger partial charge >= 0.3 is 5.97 Å². The van der Waals surface area contributed by atoms with Gasteiger partial charge in [-0.3, -0.25) is 9.59 Å². The van der Waals surface area contributed by atoms with Crippen molar-refractivity contribution in [2.75, 3.05) is 19.7 Å². The molecule has 1 N–H and O–H groups in total. The zero-order chi connectivity index (χ0) is 19.0. The summed E-state index contributed by atoms with van der Waals surface area (Å²) in [5, 5.41) is 9.45. The van der Waals surface area contributed by atoms with Crippen molar-refractivity contribution in [2.24, 2.45) is 29.6 Å². The summed E-state index contributed by atoms with van der Waals surface area (Å²) in [7, 11) is 0. The predicted octanol–water partition coefficient (Wildman–Crippen LogP) is 3.01. The molecule has 3 aliphatic rings. The lowest BCUT2D eigenvalue weighted by atomic mass is 9.82. The van der Waals surface area contributed by atoms with Crippen LogP contribution in [0.15, 0.2) is 24.3 Å². The number of phenols is 1. The second kappa shape index (κ2) is 7.53. The van der Waals surface area contributed by atoms with Crippen LogP contribution >= 0.6 is 0 Å². The topological polar surface area (TPSA) is 66.8 Å². The fourth-order valence-corrected chi connectivity index (χ4v) is 5.64. The standard InChI is InChI=1S/C22H29NO4/c1-2-27-22(26)17(9-14-3-7-18(24)8-4-14)11-21(25)23-12-19-15-5-6-16(10-15)20(19)13-23/h3-4,7-8,15-17,19-20,24H,2,5-6,9-13H2,1H3. The predicted molar refractivity (Wildman–Crippen MR) is 101 cm³/mol. The average molecular weight is 371 g/mol. The number of phenolic OH excluding ortho intramolecular Hbond substituents is 1. The summed E-state index contributed by atoms with van der Waals surface area (Å²) in [5.41, 5.74) is 0.926. The lowest BCUT2D eigenvalue weighted by molar-refractivity contribution is -0.151. The number of aromatic hydroxyl groups is 1. The Morgan fingerprint density at radius 3 is 2.37 bits per heavy atom. The van der Waals surface area contributed by atoms with Crippen molar-refractivity contribution in [2.45, 2.75) is 39.0 Å². The van der Waals surface area contributed by atoms with Crippen molar-refractivity contribution in [3.05, 3.63) is 29.8 Å². The highest BCUT2D eigenvalue weighted by Crippen LogP contribution is 2.55. The highest BCUT2D eigenvalue weighted by molar-refractivity contribution is 5.83. The molecule has 27 heavy (non-hydrogen) atoms. The van der Waals surface area contributed by atoms with E-state index in [0.29, 0.717) is 24.9 Å². The molecule has 5 atom stereocenters. The van der Waals surface area contributed by atoms with Gasteiger partial charge in [-0.15, -0.1) is 0 Å².